The average molecular weight is 333 g/mol. The van der Waals surface area contributed by atoms with E-state index < -0.39 is 0 Å². The van der Waals surface area contributed by atoms with Gasteiger partial charge in [-0.2, -0.15) is 0 Å². The Morgan fingerprint density at radius 3 is 2.42 bits per heavy atom. The van der Waals surface area contributed by atoms with Gasteiger partial charge in [0, 0.05) is 51.7 Å². The van der Waals surface area contributed by atoms with Gasteiger partial charge < -0.3 is 14.4 Å². The summed E-state index contributed by atoms with van der Waals surface area (Å²) in [5, 5.41) is 0. The lowest BCUT2D eigenvalue weighted by atomic mass is 9.99. The van der Waals surface area contributed by atoms with Crippen LogP contribution in [-0.2, 0) is 9.53 Å². The van der Waals surface area contributed by atoms with Crippen LogP contribution in [0.15, 0.2) is 24.5 Å². The maximum Gasteiger partial charge on any atom is 0.248 e. The zero-order chi connectivity index (χ0) is 16.8. The van der Waals surface area contributed by atoms with Gasteiger partial charge in [0.15, 0.2) is 0 Å². The number of ether oxygens (including phenoxy) is 2. The van der Waals surface area contributed by atoms with E-state index in [1.54, 1.807) is 19.5 Å². The predicted octanol–water partition coefficient (Wildman–Crippen LogP) is 1.56. The fourth-order valence-corrected chi connectivity index (χ4v) is 3.66. The van der Waals surface area contributed by atoms with Gasteiger partial charge in [-0.3, -0.25) is 14.7 Å². The Hall–Kier alpha value is -1.66. The molecule has 2 fully saturated rings. The lowest BCUT2D eigenvalue weighted by Gasteiger charge is -2.41. The minimum Gasteiger partial charge on any atom is -0.490 e. The fourth-order valence-electron chi connectivity index (χ4n) is 3.66. The minimum atomic E-state index is 0.111. The monoisotopic (exact) mass is 333 g/mol. The molecule has 24 heavy (non-hydrogen) atoms. The van der Waals surface area contributed by atoms with E-state index in [0.717, 1.165) is 57.6 Å². The molecular weight excluding hydrogens is 306 g/mol. The topological polar surface area (TPSA) is 54.9 Å². The van der Waals surface area contributed by atoms with E-state index in [1.165, 1.54) is 0 Å². The molecule has 6 heteroatoms. The van der Waals surface area contributed by atoms with Gasteiger partial charge in [0.25, 0.3) is 0 Å². The molecule has 2 aliphatic heterocycles. The van der Waals surface area contributed by atoms with E-state index in [9.17, 15) is 4.79 Å². The third-order valence-electron chi connectivity index (χ3n) is 5.03. The number of amides is 1. The molecule has 3 heterocycles. The Labute approximate surface area is 143 Å². The van der Waals surface area contributed by atoms with Crippen molar-refractivity contribution in [2.75, 3.05) is 39.9 Å². The van der Waals surface area contributed by atoms with E-state index >= 15 is 0 Å². The van der Waals surface area contributed by atoms with E-state index in [1.807, 2.05) is 17.0 Å². The van der Waals surface area contributed by atoms with Gasteiger partial charge in [-0.05, 0) is 37.8 Å². The second-order valence-corrected chi connectivity index (χ2v) is 6.58. The van der Waals surface area contributed by atoms with Crippen LogP contribution in [0, 0.1) is 0 Å². The Morgan fingerprint density at radius 1 is 1.12 bits per heavy atom. The number of piperidine rings is 2. The van der Waals surface area contributed by atoms with Crippen molar-refractivity contribution in [2.24, 2.45) is 0 Å². The van der Waals surface area contributed by atoms with Crippen LogP contribution in [0.25, 0.3) is 0 Å². The van der Waals surface area contributed by atoms with Crippen LogP contribution in [0.5, 0.6) is 5.75 Å². The zero-order valence-electron chi connectivity index (χ0n) is 14.4. The van der Waals surface area contributed by atoms with Crippen LogP contribution in [-0.4, -0.2) is 72.7 Å². The van der Waals surface area contributed by atoms with Crippen molar-refractivity contribution in [1.29, 1.82) is 0 Å². The highest BCUT2D eigenvalue weighted by molar-refractivity contribution is 5.77. The molecule has 0 spiro atoms. The molecule has 3 rings (SSSR count). The van der Waals surface area contributed by atoms with Crippen LogP contribution in [0.3, 0.4) is 0 Å². The minimum absolute atomic E-state index is 0.111. The molecule has 0 saturated carbocycles. The highest BCUT2D eigenvalue weighted by Gasteiger charge is 2.30. The molecular formula is C18H27N3O3. The molecule has 0 radical (unpaired) electrons. The fraction of sp³-hybridized carbons (Fsp3) is 0.667. The van der Waals surface area contributed by atoms with E-state index in [4.69, 9.17) is 9.47 Å². The summed E-state index contributed by atoms with van der Waals surface area (Å²) in [4.78, 5) is 20.4. The highest BCUT2D eigenvalue weighted by atomic mass is 16.5. The van der Waals surface area contributed by atoms with Gasteiger partial charge in [-0.25, -0.2) is 0 Å². The second-order valence-electron chi connectivity index (χ2n) is 6.58. The van der Waals surface area contributed by atoms with Crippen LogP contribution in [0.2, 0.25) is 0 Å². The molecule has 2 aliphatic rings. The summed E-state index contributed by atoms with van der Waals surface area (Å²) in [6, 6.07) is 4.43. The Kier molecular flexibility index (Phi) is 6.04. The maximum atomic E-state index is 11.9. The lowest BCUT2D eigenvalue weighted by molar-refractivity contribution is -0.136. The molecule has 1 aromatic heterocycles. The summed E-state index contributed by atoms with van der Waals surface area (Å²) in [7, 11) is 1.57. The maximum absolute atomic E-state index is 11.9. The number of likely N-dealkylation sites (tertiary alicyclic amines) is 2. The number of methoxy groups -OCH3 is 1. The van der Waals surface area contributed by atoms with Gasteiger partial charge in [0.1, 0.15) is 18.5 Å². The predicted molar refractivity (Wildman–Crippen MR) is 90.9 cm³/mol. The van der Waals surface area contributed by atoms with Crippen LogP contribution >= 0.6 is 0 Å². The summed E-state index contributed by atoms with van der Waals surface area (Å²) in [6.07, 6.45) is 8.08. The molecule has 0 aromatic carbocycles. The van der Waals surface area contributed by atoms with Crippen LogP contribution in [0.1, 0.15) is 25.7 Å². The first-order valence-corrected chi connectivity index (χ1v) is 8.83. The van der Waals surface area contributed by atoms with E-state index in [0.29, 0.717) is 12.1 Å². The highest BCUT2D eigenvalue weighted by Crippen LogP contribution is 2.23. The molecule has 1 amide bonds. The first-order chi connectivity index (χ1) is 11.8. The third kappa shape index (κ3) is 4.45. The number of aromatic nitrogens is 1. The standard InChI is InChI=1S/C18H27N3O3/c1-23-14-18(22)21-10-4-15(5-11-21)20-12-6-17(7-13-20)24-16-2-8-19-9-3-16/h2-3,8-9,15,17H,4-7,10-14H2,1H3. The quantitative estimate of drug-likeness (QED) is 0.818. The largest absolute Gasteiger partial charge is 0.490 e. The van der Waals surface area contributed by atoms with Gasteiger partial charge >= 0.3 is 0 Å². The van der Waals surface area contributed by atoms with Crippen molar-refractivity contribution in [2.45, 2.75) is 37.8 Å². The first-order valence-electron chi connectivity index (χ1n) is 8.83. The number of rotatable bonds is 5. The smallest absolute Gasteiger partial charge is 0.248 e. The van der Waals surface area contributed by atoms with Gasteiger partial charge in [0.2, 0.25) is 5.91 Å². The molecule has 6 nitrogen and oxygen atoms in total. The van der Waals surface area contributed by atoms with Gasteiger partial charge in [-0.1, -0.05) is 0 Å². The third-order valence-corrected chi connectivity index (χ3v) is 5.03. The van der Waals surface area contributed by atoms with Crippen molar-refractivity contribution < 1.29 is 14.3 Å². The number of nitrogens with zero attached hydrogens (tertiary/aromatic N) is 3. The first kappa shape index (κ1) is 17.2. The molecule has 0 aliphatic carbocycles. The van der Waals surface area contributed by atoms with Crippen molar-refractivity contribution >= 4 is 5.91 Å². The normalized spacial score (nSPS) is 21.0. The average Bonchev–Trinajstić information content (AvgIpc) is 2.64. The zero-order valence-corrected chi connectivity index (χ0v) is 14.4. The number of hydrogen-bond acceptors (Lipinski definition) is 5. The molecule has 0 N–H and O–H groups in total. The molecule has 2 saturated heterocycles. The number of carbonyl (C=O) groups is 1. The SMILES string of the molecule is COCC(=O)N1CCC(N2CCC(Oc3ccncc3)CC2)CC1. The summed E-state index contributed by atoms with van der Waals surface area (Å²) in [5.41, 5.74) is 0. The number of carbonyl (C=O) groups excluding carboxylic acids is 1. The number of hydrogen-bond donors (Lipinski definition) is 0. The van der Waals surface area contributed by atoms with Gasteiger partial charge in [0.05, 0.1) is 0 Å². The Balaban J connectivity index is 1.40. The molecule has 1 aromatic rings. The molecule has 0 atom stereocenters. The summed E-state index contributed by atoms with van der Waals surface area (Å²) in [6.45, 7) is 4.04. The molecule has 0 unspecified atom stereocenters. The van der Waals surface area contributed by atoms with Crippen molar-refractivity contribution in [3.8, 4) is 5.75 Å². The van der Waals surface area contributed by atoms with Gasteiger partial charge in [-0.15, -0.1) is 0 Å². The van der Waals surface area contributed by atoms with E-state index in [2.05, 4.69) is 9.88 Å². The summed E-state index contributed by atoms with van der Waals surface area (Å²) < 4.78 is 11.0. The van der Waals surface area contributed by atoms with Crippen LogP contribution < -0.4 is 4.74 Å². The second kappa shape index (κ2) is 8.44. The van der Waals surface area contributed by atoms with E-state index in [-0.39, 0.29) is 12.5 Å². The van der Waals surface area contributed by atoms with Crippen LogP contribution in [0.4, 0.5) is 0 Å². The number of pyridine rings is 1. The Morgan fingerprint density at radius 2 is 1.79 bits per heavy atom. The Bertz CT molecular complexity index is 510. The van der Waals surface area contributed by atoms with Crippen molar-refractivity contribution in [3.63, 3.8) is 0 Å². The van der Waals surface area contributed by atoms with Crippen molar-refractivity contribution in [3.05, 3.63) is 24.5 Å². The van der Waals surface area contributed by atoms with Crippen molar-refractivity contribution in [1.82, 2.24) is 14.8 Å². The lowest BCUT2D eigenvalue weighted by Crippen LogP contribution is -2.50. The molecule has 132 valence electrons. The summed E-state index contributed by atoms with van der Waals surface area (Å²) >= 11 is 0. The molecule has 0 bridgehead atoms. The summed E-state index contributed by atoms with van der Waals surface area (Å²) in [5.74, 6) is 1.02.